The lowest BCUT2D eigenvalue weighted by Crippen LogP contribution is -2.18. The van der Waals surface area contributed by atoms with E-state index in [1.54, 1.807) is 6.92 Å². The number of nitrogens with one attached hydrogen (secondary N) is 1. The molecule has 0 fully saturated rings. The molecule has 0 bridgehead atoms. The number of rotatable bonds is 4. The summed E-state index contributed by atoms with van der Waals surface area (Å²) in [6.07, 6.45) is 1.49. The minimum absolute atomic E-state index is 0.0315. The van der Waals surface area contributed by atoms with Crippen LogP contribution in [0.25, 0.3) is 0 Å². The summed E-state index contributed by atoms with van der Waals surface area (Å²) in [5.41, 5.74) is 2.71. The van der Waals surface area contributed by atoms with Crippen LogP contribution in [-0.2, 0) is 4.79 Å². The Bertz CT molecular complexity index is 483. The molecule has 88 valence electrons. The van der Waals surface area contributed by atoms with Gasteiger partial charge in [0.15, 0.2) is 5.78 Å². The third kappa shape index (κ3) is 4.12. The van der Waals surface area contributed by atoms with Crippen LogP contribution >= 0.6 is 0 Å². The Kier molecular flexibility index (Phi) is 4.47. The van der Waals surface area contributed by atoms with E-state index >= 15 is 0 Å². The van der Waals surface area contributed by atoms with E-state index in [4.69, 9.17) is 5.26 Å². The highest BCUT2D eigenvalue weighted by Gasteiger charge is 2.09. The molecule has 1 N–H and O–H groups in total. The van der Waals surface area contributed by atoms with Crippen LogP contribution in [0.4, 0.5) is 0 Å². The predicted octanol–water partition coefficient (Wildman–Crippen LogP) is 2.64. The predicted molar refractivity (Wildman–Crippen MR) is 67.1 cm³/mol. The second-order valence-electron chi connectivity index (χ2n) is 4.06. The largest absolute Gasteiger partial charge is 0.370 e. The minimum Gasteiger partial charge on any atom is -0.370 e. The number of nitrogens with zero attached hydrogens (tertiary/aromatic N) is 1. The van der Waals surface area contributed by atoms with Crippen molar-refractivity contribution in [2.75, 3.05) is 0 Å². The average molecular weight is 228 g/mol. The zero-order valence-electron chi connectivity index (χ0n) is 10.3. The number of nitriles is 1. The highest BCUT2D eigenvalue weighted by atomic mass is 16.1. The molecule has 1 atom stereocenters. The SMILES string of the molecule is CC(=O)/C=C(/C)NC(C#N)c1cccc(C)c1. The summed E-state index contributed by atoms with van der Waals surface area (Å²) in [5.74, 6) is -0.0315. The molecule has 3 heteroatoms. The van der Waals surface area contributed by atoms with Crippen molar-refractivity contribution < 1.29 is 4.79 Å². The van der Waals surface area contributed by atoms with E-state index < -0.39 is 6.04 Å². The van der Waals surface area contributed by atoms with Gasteiger partial charge in [-0.15, -0.1) is 0 Å². The molecule has 0 aliphatic carbocycles. The molecule has 1 unspecified atom stereocenters. The lowest BCUT2D eigenvalue weighted by molar-refractivity contribution is -0.112. The van der Waals surface area contributed by atoms with Gasteiger partial charge in [0.25, 0.3) is 0 Å². The normalized spacial score (nSPS) is 12.7. The Morgan fingerprint density at radius 2 is 2.18 bits per heavy atom. The van der Waals surface area contributed by atoms with E-state index in [0.717, 1.165) is 11.1 Å². The third-order valence-corrected chi connectivity index (χ3v) is 2.30. The van der Waals surface area contributed by atoms with Crippen LogP contribution in [0, 0.1) is 18.3 Å². The van der Waals surface area contributed by atoms with Crippen molar-refractivity contribution >= 4 is 5.78 Å². The zero-order valence-corrected chi connectivity index (χ0v) is 10.3. The number of aryl methyl sites for hydroxylation is 1. The fourth-order valence-corrected chi connectivity index (χ4v) is 1.61. The molecule has 0 aliphatic rings. The number of ketones is 1. The van der Waals surface area contributed by atoms with Gasteiger partial charge in [-0.2, -0.15) is 5.26 Å². The zero-order chi connectivity index (χ0) is 12.8. The second-order valence-corrected chi connectivity index (χ2v) is 4.06. The van der Waals surface area contributed by atoms with Gasteiger partial charge < -0.3 is 5.32 Å². The standard InChI is InChI=1S/C14H16N2O/c1-10-5-4-6-13(7-10)14(9-15)16-11(2)8-12(3)17/h4-8,14,16H,1-3H3/b11-8-. The number of hydrogen-bond donors (Lipinski definition) is 1. The first-order valence-corrected chi connectivity index (χ1v) is 5.44. The Balaban J connectivity index is 2.87. The van der Waals surface area contributed by atoms with Gasteiger partial charge in [-0.1, -0.05) is 29.8 Å². The number of benzene rings is 1. The lowest BCUT2D eigenvalue weighted by Gasteiger charge is -2.13. The molecule has 0 spiro atoms. The fourth-order valence-electron chi connectivity index (χ4n) is 1.61. The Morgan fingerprint density at radius 1 is 1.47 bits per heavy atom. The molecule has 1 rings (SSSR count). The molecule has 0 saturated heterocycles. The summed E-state index contributed by atoms with van der Waals surface area (Å²) in [7, 11) is 0. The molecule has 3 nitrogen and oxygen atoms in total. The first-order valence-electron chi connectivity index (χ1n) is 5.44. The molecular formula is C14H16N2O. The van der Waals surface area contributed by atoms with Crippen LogP contribution in [0.15, 0.2) is 36.0 Å². The number of allylic oxidation sites excluding steroid dienone is 2. The topological polar surface area (TPSA) is 52.9 Å². The molecule has 1 aromatic carbocycles. The van der Waals surface area contributed by atoms with Gasteiger partial charge in [0.2, 0.25) is 0 Å². The van der Waals surface area contributed by atoms with Crippen molar-refractivity contribution in [1.82, 2.24) is 5.32 Å². The molecular weight excluding hydrogens is 212 g/mol. The van der Waals surface area contributed by atoms with Gasteiger partial charge >= 0.3 is 0 Å². The fraction of sp³-hybridized carbons (Fsp3) is 0.286. The van der Waals surface area contributed by atoms with Crippen molar-refractivity contribution in [3.8, 4) is 6.07 Å². The monoisotopic (exact) mass is 228 g/mol. The van der Waals surface area contributed by atoms with Gasteiger partial charge in [-0.3, -0.25) is 4.79 Å². The Labute approximate surface area is 102 Å². The molecule has 0 saturated carbocycles. The molecule has 0 amide bonds. The maximum Gasteiger partial charge on any atom is 0.154 e. The van der Waals surface area contributed by atoms with Crippen LogP contribution in [0.3, 0.4) is 0 Å². The van der Waals surface area contributed by atoms with Crippen molar-refractivity contribution in [1.29, 1.82) is 5.26 Å². The quantitative estimate of drug-likeness (QED) is 0.806. The number of carbonyl (C=O) groups is 1. The van der Waals surface area contributed by atoms with E-state index in [1.807, 2.05) is 31.2 Å². The number of carbonyl (C=O) groups excluding carboxylic acids is 1. The maximum atomic E-state index is 10.9. The van der Waals surface area contributed by atoms with Crippen molar-refractivity contribution in [3.63, 3.8) is 0 Å². The molecule has 17 heavy (non-hydrogen) atoms. The summed E-state index contributed by atoms with van der Waals surface area (Å²) >= 11 is 0. The van der Waals surface area contributed by atoms with Gasteiger partial charge in [0.05, 0.1) is 6.07 Å². The van der Waals surface area contributed by atoms with Crippen LogP contribution in [-0.4, -0.2) is 5.78 Å². The smallest absolute Gasteiger partial charge is 0.154 e. The van der Waals surface area contributed by atoms with E-state index in [-0.39, 0.29) is 5.78 Å². The van der Waals surface area contributed by atoms with Crippen molar-refractivity contribution in [2.45, 2.75) is 26.8 Å². The third-order valence-electron chi connectivity index (χ3n) is 2.30. The van der Waals surface area contributed by atoms with Crippen molar-refractivity contribution in [3.05, 3.63) is 47.2 Å². The highest BCUT2D eigenvalue weighted by molar-refractivity contribution is 5.87. The first kappa shape index (κ1) is 13.0. The second kappa shape index (κ2) is 5.86. The molecule has 0 heterocycles. The van der Waals surface area contributed by atoms with Gasteiger partial charge in [0.1, 0.15) is 6.04 Å². The molecule has 1 aromatic rings. The summed E-state index contributed by atoms with van der Waals surface area (Å²) in [4.78, 5) is 10.9. The molecule has 0 aliphatic heterocycles. The van der Waals surface area contributed by atoms with Gasteiger partial charge in [-0.05, 0) is 32.4 Å². The summed E-state index contributed by atoms with van der Waals surface area (Å²) < 4.78 is 0. The maximum absolute atomic E-state index is 10.9. The van der Waals surface area contributed by atoms with E-state index in [0.29, 0.717) is 5.70 Å². The van der Waals surface area contributed by atoms with Gasteiger partial charge in [0, 0.05) is 5.70 Å². The summed E-state index contributed by atoms with van der Waals surface area (Å²) in [6, 6.07) is 9.52. The van der Waals surface area contributed by atoms with Crippen molar-refractivity contribution in [2.24, 2.45) is 0 Å². The number of hydrogen-bond acceptors (Lipinski definition) is 3. The van der Waals surface area contributed by atoms with E-state index in [2.05, 4.69) is 11.4 Å². The van der Waals surface area contributed by atoms with E-state index in [9.17, 15) is 4.79 Å². The van der Waals surface area contributed by atoms with Crippen LogP contribution < -0.4 is 5.32 Å². The molecule has 0 radical (unpaired) electrons. The Morgan fingerprint density at radius 3 is 2.71 bits per heavy atom. The highest BCUT2D eigenvalue weighted by Crippen LogP contribution is 2.15. The first-order chi connectivity index (χ1) is 8.02. The average Bonchev–Trinajstić information content (AvgIpc) is 2.24. The van der Waals surface area contributed by atoms with Crippen LogP contribution in [0.1, 0.15) is 31.0 Å². The van der Waals surface area contributed by atoms with E-state index in [1.165, 1.54) is 13.0 Å². The van der Waals surface area contributed by atoms with Crippen LogP contribution in [0.5, 0.6) is 0 Å². The minimum atomic E-state index is -0.425. The summed E-state index contributed by atoms with van der Waals surface area (Å²) in [6.45, 7) is 5.25. The molecule has 0 aromatic heterocycles. The Hall–Kier alpha value is -2.08. The lowest BCUT2D eigenvalue weighted by atomic mass is 10.1. The van der Waals surface area contributed by atoms with Gasteiger partial charge in [-0.25, -0.2) is 0 Å². The van der Waals surface area contributed by atoms with Crippen LogP contribution in [0.2, 0.25) is 0 Å². The summed E-state index contributed by atoms with van der Waals surface area (Å²) in [5, 5.41) is 12.1.